The van der Waals surface area contributed by atoms with Crippen LogP contribution >= 0.6 is 0 Å². The number of benzene rings is 1. The number of carbonyl (C=O) groups excluding carboxylic acids is 1. The van der Waals surface area contributed by atoms with Crippen LogP contribution in [0.2, 0.25) is 0 Å². The molecule has 2 aromatic rings. The summed E-state index contributed by atoms with van der Waals surface area (Å²) in [5.41, 5.74) is 1.61. The molecule has 0 aliphatic heterocycles. The third-order valence-corrected chi connectivity index (χ3v) is 5.21. The van der Waals surface area contributed by atoms with Crippen LogP contribution in [0.4, 0.5) is 5.82 Å². The number of fused-ring (bicyclic) bond motifs is 1. The predicted octanol–water partition coefficient (Wildman–Crippen LogP) is 4.12. The third-order valence-electron chi connectivity index (χ3n) is 5.21. The molecule has 0 spiro atoms. The molecule has 4 nitrogen and oxygen atoms in total. The molecular weight excluding hydrogens is 298 g/mol. The quantitative estimate of drug-likeness (QED) is 0.841. The topological polar surface area (TPSA) is 54.0 Å². The van der Waals surface area contributed by atoms with E-state index in [1.54, 1.807) is 0 Å². The summed E-state index contributed by atoms with van der Waals surface area (Å²) in [4.78, 5) is 17.3. The average Bonchev–Trinajstić information content (AvgIpc) is 3.26. The minimum absolute atomic E-state index is 0.0231. The fraction of sp³-hybridized carbons (Fsp3) is 0.500. The molecule has 1 amide bonds. The van der Waals surface area contributed by atoms with Crippen LogP contribution < -0.4 is 10.6 Å². The van der Waals surface area contributed by atoms with Crippen molar-refractivity contribution in [3.05, 3.63) is 35.9 Å². The van der Waals surface area contributed by atoms with Crippen LogP contribution in [0, 0.1) is 5.92 Å². The van der Waals surface area contributed by atoms with Crippen molar-refractivity contribution < 1.29 is 4.79 Å². The number of rotatable bonds is 6. The van der Waals surface area contributed by atoms with Crippen molar-refractivity contribution in [1.82, 2.24) is 10.3 Å². The maximum atomic E-state index is 12.6. The Balaban J connectivity index is 1.52. The lowest BCUT2D eigenvalue weighted by molar-refractivity contribution is 0.0952. The van der Waals surface area contributed by atoms with E-state index in [0.29, 0.717) is 6.04 Å². The molecule has 24 heavy (non-hydrogen) atoms. The van der Waals surface area contributed by atoms with Crippen molar-refractivity contribution in [3.63, 3.8) is 0 Å². The number of amides is 1. The van der Waals surface area contributed by atoms with Crippen LogP contribution in [0.15, 0.2) is 30.3 Å². The van der Waals surface area contributed by atoms with E-state index in [0.717, 1.165) is 47.6 Å². The Labute approximate surface area is 143 Å². The molecule has 0 unspecified atom stereocenters. The molecule has 2 N–H and O–H groups in total. The van der Waals surface area contributed by atoms with Gasteiger partial charge < -0.3 is 10.6 Å². The zero-order valence-corrected chi connectivity index (χ0v) is 14.1. The number of hydrogen-bond acceptors (Lipinski definition) is 3. The second kappa shape index (κ2) is 6.80. The van der Waals surface area contributed by atoms with Gasteiger partial charge in [-0.05, 0) is 37.3 Å². The van der Waals surface area contributed by atoms with Crippen LogP contribution in [0.25, 0.3) is 10.9 Å². The van der Waals surface area contributed by atoms with Gasteiger partial charge in [0.15, 0.2) is 0 Å². The second-order valence-electron chi connectivity index (χ2n) is 7.19. The third kappa shape index (κ3) is 3.53. The molecule has 1 aromatic carbocycles. The Morgan fingerprint density at radius 3 is 2.71 bits per heavy atom. The standard InChI is InChI=1S/C20H25N3O/c24-20(22-15-9-10-15)17-13-19(21-12-11-14-5-1-2-6-14)23-18-8-4-3-7-16(17)18/h3-4,7-8,13-15H,1-2,5-6,9-12H2,(H,21,23)(H,22,24). The largest absolute Gasteiger partial charge is 0.370 e. The normalized spacial score (nSPS) is 18.0. The van der Waals surface area contributed by atoms with Gasteiger partial charge in [0, 0.05) is 18.0 Å². The molecule has 2 aliphatic carbocycles. The Hall–Kier alpha value is -2.10. The first-order chi connectivity index (χ1) is 11.8. The summed E-state index contributed by atoms with van der Waals surface area (Å²) in [6.07, 6.45) is 8.87. The maximum Gasteiger partial charge on any atom is 0.252 e. The number of para-hydroxylation sites is 1. The molecule has 0 bridgehead atoms. The highest BCUT2D eigenvalue weighted by Crippen LogP contribution is 2.28. The Morgan fingerprint density at radius 1 is 1.12 bits per heavy atom. The number of aromatic nitrogens is 1. The Morgan fingerprint density at radius 2 is 1.92 bits per heavy atom. The molecule has 2 saturated carbocycles. The van der Waals surface area contributed by atoms with Crippen molar-refractivity contribution in [3.8, 4) is 0 Å². The number of hydrogen-bond donors (Lipinski definition) is 2. The Bertz CT molecular complexity index is 733. The highest BCUT2D eigenvalue weighted by molar-refractivity contribution is 6.07. The number of nitrogens with zero attached hydrogens (tertiary/aromatic N) is 1. The molecule has 4 heteroatoms. The fourth-order valence-electron chi connectivity index (χ4n) is 3.65. The van der Waals surface area contributed by atoms with Crippen molar-refractivity contribution in [1.29, 1.82) is 0 Å². The SMILES string of the molecule is O=C(NC1CC1)c1cc(NCCC2CCCC2)nc2ccccc12. The molecule has 0 radical (unpaired) electrons. The minimum Gasteiger partial charge on any atom is -0.370 e. The molecule has 4 rings (SSSR count). The fourth-order valence-corrected chi connectivity index (χ4v) is 3.65. The van der Waals surface area contributed by atoms with Crippen LogP contribution in [-0.4, -0.2) is 23.5 Å². The summed E-state index contributed by atoms with van der Waals surface area (Å²) in [6.45, 7) is 0.930. The summed E-state index contributed by atoms with van der Waals surface area (Å²) >= 11 is 0. The first-order valence-corrected chi connectivity index (χ1v) is 9.24. The average molecular weight is 323 g/mol. The van der Waals surface area contributed by atoms with Gasteiger partial charge >= 0.3 is 0 Å². The zero-order chi connectivity index (χ0) is 16.4. The van der Waals surface area contributed by atoms with Gasteiger partial charge in [0.05, 0.1) is 11.1 Å². The van der Waals surface area contributed by atoms with E-state index < -0.39 is 0 Å². The van der Waals surface area contributed by atoms with E-state index >= 15 is 0 Å². The number of nitrogens with one attached hydrogen (secondary N) is 2. The molecule has 126 valence electrons. The van der Waals surface area contributed by atoms with Crippen molar-refractivity contribution in [2.24, 2.45) is 5.92 Å². The van der Waals surface area contributed by atoms with Crippen LogP contribution in [-0.2, 0) is 0 Å². The molecule has 0 atom stereocenters. The highest BCUT2D eigenvalue weighted by Gasteiger charge is 2.25. The van der Waals surface area contributed by atoms with E-state index in [2.05, 4.69) is 15.6 Å². The molecular formula is C20H25N3O. The molecule has 2 fully saturated rings. The van der Waals surface area contributed by atoms with Gasteiger partial charge in [-0.3, -0.25) is 4.79 Å². The summed E-state index contributed by atoms with van der Waals surface area (Å²) in [5, 5.41) is 7.46. The van der Waals surface area contributed by atoms with E-state index in [9.17, 15) is 4.79 Å². The van der Waals surface area contributed by atoms with Gasteiger partial charge in [-0.15, -0.1) is 0 Å². The summed E-state index contributed by atoms with van der Waals surface area (Å²) < 4.78 is 0. The van der Waals surface area contributed by atoms with Crippen molar-refractivity contribution in [2.45, 2.75) is 51.0 Å². The lowest BCUT2D eigenvalue weighted by Gasteiger charge is -2.13. The van der Waals surface area contributed by atoms with E-state index in [4.69, 9.17) is 0 Å². The second-order valence-corrected chi connectivity index (χ2v) is 7.19. The van der Waals surface area contributed by atoms with Crippen LogP contribution in [0.5, 0.6) is 0 Å². The van der Waals surface area contributed by atoms with Crippen LogP contribution in [0.3, 0.4) is 0 Å². The predicted molar refractivity (Wildman–Crippen MR) is 97.3 cm³/mol. The number of anilines is 1. The molecule has 1 heterocycles. The van der Waals surface area contributed by atoms with E-state index in [1.807, 2.05) is 30.3 Å². The van der Waals surface area contributed by atoms with E-state index in [1.165, 1.54) is 32.1 Å². The molecule has 2 aliphatic rings. The monoisotopic (exact) mass is 323 g/mol. The van der Waals surface area contributed by atoms with E-state index in [-0.39, 0.29) is 5.91 Å². The smallest absolute Gasteiger partial charge is 0.252 e. The number of carbonyl (C=O) groups is 1. The first-order valence-electron chi connectivity index (χ1n) is 9.24. The lowest BCUT2D eigenvalue weighted by Crippen LogP contribution is -2.25. The molecule has 1 aromatic heterocycles. The Kier molecular flexibility index (Phi) is 4.37. The summed E-state index contributed by atoms with van der Waals surface area (Å²) in [5.74, 6) is 1.69. The van der Waals surface area contributed by atoms with Crippen LogP contribution in [0.1, 0.15) is 55.3 Å². The summed E-state index contributed by atoms with van der Waals surface area (Å²) in [7, 11) is 0. The van der Waals surface area contributed by atoms with Crippen molar-refractivity contribution >= 4 is 22.6 Å². The zero-order valence-electron chi connectivity index (χ0n) is 14.1. The van der Waals surface area contributed by atoms with Gasteiger partial charge in [-0.2, -0.15) is 0 Å². The van der Waals surface area contributed by atoms with Gasteiger partial charge in [-0.1, -0.05) is 43.9 Å². The molecule has 0 saturated heterocycles. The summed E-state index contributed by atoms with van der Waals surface area (Å²) in [6, 6.07) is 10.2. The van der Waals surface area contributed by atoms with Gasteiger partial charge in [0.2, 0.25) is 0 Å². The van der Waals surface area contributed by atoms with Gasteiger partial charge in [0.25, 0.3) is 5.91 Å². The minimum atomic E-state index is 0.0231. The van der Waals surface area contributed by atoms with Crippen molar-refractivity contribution in [2.75, 3.05) is 11.9 Å². The first kappa shape index (κ1) is 15.4. The highest BCUT2D eigenvalue weighted by atomic mass is 16.1. The van der Waals surface area contributed by atoms with Gasteiger partial charge in [0.1, 0.15) is 5.82 Å². The number of pyridine rings is 1. The lowest BCUT2D eigenvalue weighted by atomic mass is 10.0. The van der Waals surface area contributed by atoms with Gasteiger partial charge in [-0.25, -0.2) is 4.98 Å². The maximum absolute atomic E-state index is 12.6.